The Morgan fingerprint density at radius 3 is 2.79 bits per heavy atom. The van der Waals surface area contributed by atoms with Crippen molar-refractivity contribution in [1.29, 1.82) is 0 Å². The fourth-order valence-electron chi connectivity index (χ4n) is 1.45. The molecule has 0 N–H and O–H groups in total. The number of hydrogen-bond acceptors (Lipinski definition) is 2. The second-order valence-corrected chi connectivity index (χ2v) is 4.30. The minimum atomic E-state index is 0.0126. The summed E-state index contributed by atoms with van der Waals surface area (Å²) in [6.45, 7) is 1.48. The standard InChI is InChI=1S/C11H13BrO2/c12-10-5-3-9(4-6-10)8-14-11-2-1-7-13-11/h3-6,11H,1-2,7-8H2. The van der Waals surface area contributed by atoms with Crippen molar-refractivity contribution >= 4 is 15.9 Å². The SMILES string of the molecule is Brc1ccc(COC2CCCO2)cc1. The summed E-state index contributed by atoms with van der Waals surface area (Å²) in [5, 5.41) is 0. The molecule has 14 heavy (non-hydrogen) atoms. The Labute approximate surface area is 92.3 Å². The molecule has 76 valence electrons. The third kappa shape index (κ3) is 2.80. The Morgan fingerprint density at radius 1 is 1.36 bits per heavy atom. The minimum Gasteiger partial charge on any atom is -0.353 e. The number of halogens is 1. The molecule has 0 saturated carbocycles. The van der Waals surface area contributed by atoms with Crippen LogP contribution in [0.4, 0.5) is 0 Å². The summed E-state index contributed by atoms with van der Waals surface area (Å²) in [6, 6.07) is 8.15. The van der Waals surface area contributed by atoms with Gasteiger partial charge in [-0.1, -0.05) is 28.1 Å². The lowest BCUT2D eigenvalue weighted by molar-refractivity contribution is -0.118. The van der Waals surface area contributed by atoms with Crippen molar-refractivity contribution in [2.45, 2.75) is 25.7 Å². The number of hydrogen-bond donors (Lipinski definition) is 0. The number of benzene rings is 1. The third-order valence-corrected chi connectivity index (χ3v) is 2.77. The molecule has 0 radical (unpaired) electrons. The molecule has 1 aliphatic heterocycles. The highest BCUT2D eigenvalue weighted by atomic mass is 79.9. The molecule has 0 spiro atoms. The lowest BCUT2D eigenvalue weighted by Crippen LogP contribution is -2.09. The van der Waals surface area contributed by atoms with Gasteiger partial charge < -0.3 is 9.47 Å². The zero-order chi connectivity index (χ0) is 9.80. The van der Waals surface area contributed by atoms with Gasteiger partial charge in [-0.25, -0.2) is 0 Å². The van der Waals surface area contributed by atoms with Crippen LogP contribution in [-0.4, -0.2) is 12.9 Å². The van der Waals surface area contributed by atoms with E-state index in [4.69, 9.17) is 9.47 Å². The van der Waals surface area contributed by atoms with Gasteiger partial charge in [-0.15, -0.1) is 0 Å². The van der Waals surface area contributed by atoms with Gasteiger partial charge in [0, 0.05) is 17.5 Å². The molecule has 1 atom stereocenters. The van der Waals surface area contributed by atoms with E-state index in [0.29, 0.717) is 6.61 Å². The molecular weight excluding hydrogens is 244 g/mol. The first-order valence-electron chi connectivity index (χ1n) is 4.82. The summed E-state index contributed by atoms with van der Waals surface area (Å²) in [6.07, 6.45) is 2.15. The summed E-state index contributed by atoms with van der Waals surface area (Å²) in [7, 11) is 0. The van der Waals surface area contributed by atoms with Gasteiger partial charge in [-0.05, 0) is 24.1 Å². The lowest BCUT2D eigenvalue weighted by Gasteiger charge is -2.10. The molecular formula is C11H13BrO2. The molecule has 1 saturated heterocycles. The highest BCUT2D eigenvalue weighted by Gasteiger charge is 2.15. The normalized spacial score (nSPS) is 21.4. The van der Waals surface area contributed by atoms with Crippen molar-refractivity contribution in [2.24, 2.45) is 0 Å². The summed E-state index contributed by atoms with van der Waals surface area (Å²) in [5.74, 6) is 0. The van der Waals surface area contributed by atoms with Gasteiger partial charge in [0.25, 0.3) is 0 Å². The van der Waals surface area contributed by atoms with Gasteiger partial charge in [0.2, 0.25) is 0 Å². The Hall–Kier alpha value is -0.380. The van der Waals surface area contributed by atoms with Crippen molar-refractivity contribution in [1.82, 2.24) is 0 Å². The van der Waals surface area contributed by atoms with Gasteiger partial charge in [0.05, 0.1) is 6.61 Å². The predicted molar refractivity (Wildman–Crippen MR) is 57.9 cm³/mol. The van der Waals surface area contributed by atoms with Crippen LogP contribution < -0.4 is 0 Å². The molecule has 1 aromatic carbocycles. The molecule has 1 heterocycles. The molecule has 1 unspecified atom stereocenters. The summed E-state index contributed by atoms with van der Waals surface area (Å²) < 4.78 is 12.1. The predicted octanol–water partition coefficient (Wildman–Crippen LogP) is 3.10. The molecule has 2 rings (SSSR count). The maximum atomic E-state index is 5.59. The quantitative estimate of drug-likeness (QED) is 0.828. The average Bonchev–Trinajstić information content (AvgIpc) is 2.70. The van der Waals surface area contributed by atoms with Crippen LogP contribution in [0, 0.1) is 0 Å². The fraction of sp³-hybridized carbons (Fsp3) is 0.455. The van der Waals surface area contributed by atoms with Gasteiger partial charge >= 0.3 is 0 Å². The zero-order valence-corrected chi connectivity index (χ0v) is 9.50. The molecule has 0 amide bonds. The molecule has 1 aromatic rings. The molecule has 0 aromatic heterocycles. The van der Waals surface area contributed by atoms with E-state index in [0.717, 1.165) is 23.9 Å². The van der Waals surface area contributed by atoms with E-state index < -0.39 is 0 Å². The summed E-state index contributed by atoms with van der Waals surface area (Å²) >= 11 is 3.40. The van der Waals surface area contributed by atoms with Crippen LogP contribution in [0.5, 0.6) is 0 Å². The van der Waals surface area contributed by atoms with E-state index in [1.165, 1.54) is 5.56 Å². The second kappa shape index (κ2) is 4.91. The average molecular weight is 257 g/mol. The van der Waals surface area contributed by atoms with E-state index in [9.17, 15) is 0 Å². The highest BCUT2D eigenvalue weighted by molar-refractivity contribution is 9.10. The maximum absolute atomic E-state index is 5.59. The van der Waals surface area contributed by atoms with Crippen LogP contribution in [-0.2, 0) is 16.1 Å². The fourth-order valence-corrected chi connectivity index (χ4v) is 1.71. The van der Waals surface area contributed by atoms with Gasteiger partial charge in [0.15, 0.2) is 6.29 Å². The third-order valence-electron chi connectivity index (χ3n) is 2.24. The Kier molecular flexibility index (Phi) is 3.56. The molecule has 2 nitrogen and oxygen atoms in total. The zero-order valence-electron chi connectivity index (χ0n) is 7.91. The monoisotopic (exact) mass is 256 g/mol. The molecule has 0 aliphatic carbocycles. The highest BCUT2D eigenvalue weighted by Crippen LogP contribution is 2.16. The molecule has 1 aliphatic rings. The Balaban J connectivity index is 1.82. The van der Waals surface area contributed by atoms with Crippen LogP contribution in [0.2, 0.25) is 0 Å². The van der Waals surface area contributed by atoms with Crippen molar-refractivity contribution in [3.05, 3.63) is 34.3 Å². The van der Waals surface area contributed by atoms with E-state index in [1.54, 1.807) is 0 Å². The largest absolute Gasteiger partial charge is 0.353 e. The lowest BCUT2D eigenvalue weighted by atomic mass is 10.2. The van der Waals surface area contributed by atoms with Gasteiger partial charge in [-0.3, -0.25) is 0 Å². The van der Waals surface area contributed by atoms with Crippen molar-refractivity contribution < 1.29 is 9.47 Å². The van der Waals surface area contributed by atoms with Crippen molar-refractivity contribution in [3.63, 3.8) is 0 Å². The van der Waals surface area contributed by atoms with Crippen LogP contribution in [0.1, 0.15) is 18.4 Å². The van der Waals surface area contributed by atoms with Gasteiger partial charge in [-0.2, -0.15) is 0 Å². The Bertz CT molecular complexity index is 278. The molecule has 3 heteroatoms. The summed E-state index contributed by atoms with van der Waals surface area (Å²) in [4.78, 5) is 0. The first kappa shape index (κ1) is 10.1. The minimum absolute atomic E-state index is 0.0126. The maximum Gasteiger partial charge on any atom is 0.158 e. The molecule has 0 bridgehead atoms. The topological polar surface area (TPSA) is 18.5 Å². The van der Waals surface area contributed by atoms with Crippen molar-refractivity contribution in [3.8, 4) is 0 Å². The smallest absolute Gasteiger partial charge is 0.158 e. The van der Waals surface area contributed by atoms with Crippen LogP contribution in [0.3, 0.4) is 0 Å². The van der Waals surface area contributed by atoms with Gasteiger partial charge in [0.1, 0.15) is 0 Å². The number of ether oxygens (including phenoxy) is 2. The van der Waals surface area contributed by atoms with Crippen LogP contribution in [0.25, 0.3) is 0 Å². The van der Waals surface area contributed by atoms with Crippen LogP contribution in [0.15, 0.2) is 28.7 Å². The van der Waals surface area contributed by atoms with E-state index in [2.05, 4.69) is 28.1 Å². The van der Waals surface area contributed by atoms with Crippen LogP contribution >= 0.6 is 15.9 Å². The first-order valence-corrected chi connectivity index (χ1v) is 5.61. The van der Waals surface area contributed by atoms with E-state index >= 15 is 0 Å². The number of rotatable bonds is 3. The van der Waals surface area contributed by atoms with E-state index in [1.807, 2.05) is 12.1 Å². The first-order chi connectivity index (χ1) is 6.84. The second-order valence-electron chi connectivity index (χ2n) is 3.38. The molecule has 1 fully saturated rings. The summed E-state index contributed by atoms with van der Waals surface area (Å²) in [5.41, 5.74) is 1.18. The van der Waals surface area contributed by atoms with Crippen molar-refractivity contribution in [2.75, 3.05) is 6.61 Å². The van der Waals surface area contributed by atoms with E-state index in [-0.39, 0.29) is 6.29 Å². The Morgan fingerprint density at radius 2 is 2.14 bits per heavy atom.